The van der Waals surface area contributed by atoms with Crippen molar-refractivity contribution in [2.24, 2.45) is 0 Å². The molecular weight excluding hydrogens is 350 g/mol. The number of carbonyl (C=O) groups excluding carboxylic acids is 1. The Kier molecular flexibility index (Phi) is 5.13. The van der Waals surface area contributed by atoms with Gasteiger partial charge in [0.1, 0.15) is 5.75 Å². The van der Waals surface area contributed by atoms with E-state index in [1.807, 2.05) is 26.0 Å². The fourth-order valence-corrected chi connectivity index (χ4v) is 4.26. The van der Waals surface area contributed by atoms with Crippen LogP contribution in [0, 0.1) is 6.92 Å². The van der Waals surface area contributed by atoms with Crippen LogP contribution in [0.25, 0.3) is 0 Å². The van der Waals surface area contributed by atoms with E-state index in [-0.39, 0.29) is 11.7 Å². The van der Waals surface area contributed by atoms with Crippen LogP contribution in [0.1, 0.15) is 22.8 Å². The fourth-order valence-electron chi connectivity index (χ4n) is 2.99. The van der Waals surface area contributed by atoms with Crippen LogP contribution in [-0.2, 0) is 9.84 Å². The molecule has 1 aliphatic rings. The minimum absolute atomic E-state index is 0.113. The smallest absolute Gasteiger partial charge is 0.259 e. The maximum Gasteiger partial charge on any atom is 0.259 e. The van der Waals surface area contributed by atoms with Crippen LogP contribution in [0.2, 0.25) is 0 Å². The van der Waals surface area contributed by atoms with Crippen molar-refractivity contribution < 1.29 is 17.9 Å². The van der Waals surface area contributed by atoms with Crippen LogP contribution in [-0.4, -0.2) is 32.7 Å². The first kappa shape index (κ1) is 18.2. The van der Waals surface area contributed by atoms with Crippen molar-refractivity contribution in [2.75, 3.05) is 17.3 Å². The monoisotopic (exact) mass is 371 g/mol. The largest absolute Gasteiger partial charge is 0.494 e. The molecule has 0 bridgehead atoms. The molecule has 0 spiro atoms. The van der Waals surface area contributed by atoms with Gasteiger partial charge in [-0.2, -0.15) is 0 Å². The number of aryl methyl sites for hydroxylation is 1. The highest BCUT2D eigenvalue weighted by Crippen LogP contribution is 2.27. The summed E-state index contributed by atoms with van der Waals surface area (Å²) in [5.41, 5.74) is 2.03. The van der Waals surface area contributed by atoms with Crippen molar-refractivity contribution in [1.82, 2.24) is 0 Å². The lowest BCUT2D eigenvalue weighted by Gasteiger charge is -2.28. The summed E-state index contributed by atoms with van der Waals surface area (Å²) in [7, 11) is -3.29. The Labute approximate surface area is 153 Å². The molecule has 0 fully saturated rings. The van der Waals surface area contributed by atoms with Crippen LogP contribution in [0.15, 0.2) is 60.0 Å². The van der Waals surface area contributed by atoms with Crippen LogP contribution in [0.3, 0.4) is 0 Å². The summed E-state index contributed by atoms with van der Waals surface area (Å²) >= 11 is 0. The molecule has 1 heterocycles. The topological polar surface area (TPSA) is 63.7 Å². The summed E-state index contributed by atoms with van der Waals surface area (Å²) in [6, 6.07) is 13.9. The summed E-state index contributed by atoms with van der Waals surface area (Å²) < 4.78 is 29.2. The van der Waals surface area contributed by atoms with Gasteiger partial charge in [0.15, 0.2) is 9.84 Å². The van der Waals surface area contributed by atoms with E-state index >= 15 is 0 Å². The van der Waals surface area contributed by atoms with Gasteiger partial charge in [0.05, 0.1) is 18.4 Å². The number of rotatable bonds is 5. The second kappa shape index (κ2) is 7.33. The molecule has 0 aliphatic carbocycles. The molecule has 1 unspecified atom stereocenters. The lowest BCUT2D eigenvalue weighted by molar-refractivity contribution is 0.0982. The first-order chi connectivity index (χ1) is 12.4. The number of benzene rings is 2. The molecule has 1 atom stereocenters. The number of amides is 1. The lowest BCUT2D eigenvalue weighted by atomic mass is 10.1. The van der Waals surface area contributed by atoms with E-state index in [1.165, 1.54) is 5.41 Å². The van der Waals surface area contributed by atoms with Gasteiger partial charge in [-0.05, 0) is 55.8 Å². The number of anilines is 1. The number of sulfone groups is 1. The fraction of sp³-hybridized carbons (Fsp3) is 0.250. The predicted octanol–water partition coefficient (Wildman–Crippen LogP) is 3.35. The zero-order valence-corrected chi connectivity index (χ0v) is 15.6. The SMILES string of the molecule is CCOc1ccc(N(C(=O)c2ccccc2C)C2C=CS(=O)(=O)C2)cc1. The van der Waals surface area contributed by atoms with Crippen molar-refractivity contribution >= 4 is 21.4 Å². The Balaban J connectivity index is 2.01. The Bertz CT molecular complexity index is 933. The zero-order valence-electron chi connectivity index (χ0n) is 14.8. The van der Waals surface area contributed by atoms with Gasteiger partial charge in [-0.3, -0.25) is 4.79 Å². The highest BCUT2D eigenvalue weighted by Gasteiger charge is 2.32. The standard InChI is InChI=1S/C20H21NO4S/c1-3-25-18-10-8-16(9-11-18)21(17-12-13-26(23,24)14-17)20(22)19-7-5-4-6-15(19)2/h4-13,17H,3,14H2,1-2H3. The van der Waals surface area contributed by atoms with Gasteiger partial charge in [0, 0.05) is 16.7 Å². The van der Waals surface area contributed by atoms with E-state index in [9.17, 15) is 13.2 Å². The van der Waals surface area contributed by atoms with Gasteiger partial charge in [0.25, 0.3) is 5.91 Å². The van der Waals surface area contributed by atoms with Gasteiger partial charge < -0.3 is 9.64 Å². The molecule has 1 amide bonds. The summed E-state index contributed by atoms with van der Waals surface area (Å²) in [6.07, 6.45) is 1.57. The third kappa shape index (κ3) is 3.80. The number of ether oxygens (including phenoxy) is 1. The quantitative estimate of drug-likeness (QED) is 0.809. The van der Waals surface area contributed by atoms with Gasteiger partial charge in [-0.25, -0.2) is 8.42 Å². The summed E-state index contributed by atoms with van der Waals surface area (Å²) in [6.45, 7) is 4.32. The van der Waals surface area contributed by atoms with Gasteiger partial charge in [0.2, 0.25) is 0 Å². The molecule has 3 rings (SSSR count). The number of nitrogens with zero attached hydrogens (tertiary/aromatic N) is 1. The van der Waals surface area contributed by atoms with E-state index in [2.05, 4.69) is 0 Å². The minimum atomic E-state index is -3.29. The third-order valence-electron chi connectivity index (χ3n) is 4.26. The van der Waals surface area contributed by atoms with Gasteiger partial charge >= 0.3 is 0 Å². The highest BCUT2D eigenvalue weighted by molar-refractivity contribution is 7.94. The summed E-state index contributed by atoms with van der Waals surface area (Å²) in [4.78, 5) is 14.8. The van der Waals surface area contributed by atoms with Gasteiger partial charge in [-0.1, -0.05) is 18.2 Å². The Morgan fingerprint density at radius 2 is 1.85 bits per heavy atom. The molecule has 2 aromatic carbocycles. The molecule has 6 heteroatoms. The second-order valence-electron chi connectivity index (χ2n) is 6.14. The van der Waals surface area contributed by atoms with Crippen molar-refractivity contribution in [3.05, 3.63) is 71.1 Å². The third-order valence-corrected chi connectivity index (χ3v) is 5.64. The minimum Gasteiger partial charge on any atom is -0.494 e. The van der Waals surface area contributed by atoms with E-state index in [0.29, 0.717) is 23.6 Å². The first-order valence-electron chi connectivity index (χ1n) is 8.44. The van der Waals surface area contributed by atoms with Crippen LogP contribution in [0.5, 0.6) is 5.75 Å². The number of carbonyl (C=O) groups is 1. The molecule has 0 saturated carbocycles. The zero-order chi connectivity index (χ0) is 18.7. The van der Waals surface area contributed by atoms with E-state index in [1.54, 1.807) is 47.4 Å². The number of hydrogen-bond acceptors (Lipinski definition) is 4. The van der Waals surface area contributed by atoms with Gasteiger partial charge in [-0.15, -0.1) is 0 Å². The number of hydrogen-bond donors (Lipinski definition) is 0. The molecule has 0 saturated heterocycles. The second-order valence-corrected chi connectivity index (χ2v) is 8.07. The lowest BCUT2D eigenvalue weighted by Crippen LogP contribution is -2.41. The molecule has 136 valence electrons. The normalized spacial score (nSPS) is 17.8. The molecular formula is C20H21NO4S. The molecule has 26 heavy (non-hydrogen) atoms. The van der Waals surface area contributed by atoms with Crippen molar-refractivity contribution in [3.63, 3.8) is 0 Å². The maximum atomic E-state index is 13.2. The van der Waals surface area contributed by atoms with Crippen molar-refractivity contribution in [3.8, 4) is 5.75 Å². The molecule has 5 nitrogen and oxygen atoms in total. The van der Waals surface area contributed by atoms with Crippen LogP contribution in [0.4, 0.5) is 5.69 Å². The van der Waals surface area contributed by atoms with Crippen LogP contribution < -0.4 is 9.64 Å². The Morgan fingerprint density at radius 3 is 2.42 bits per heavy atom. The Morgan fingerprint density at radius 1 is 1.15 bits per heavy atom. The van der Waals surface area contributed by atoms with Crippen molar-refractivity contribution in [2.45, 2.75) is 19.9 Å². The van der Waals surface area contributed by atoms with E-state index in [4.69, 9.17) is 4.74 Å². The molecule has 2 aromatic rings. The summed E-state index contributed by atoms with van der Waals surface area (Å²) in [5.74, 6) is 0.366. The Hall–Kier alpha value is -2.60. The van der Waals surface area contributed by atoms with Crippen LogP contribution >= 0.6 is 0 Å². The molecule has 1 aliphatic heterocycles. The van der Waals surface area contributed by atoms with Crippen molar-refractivity contribution in [1.29, 1.82) is 0 Å². The summed E-state index contributed by atoms with van der Waals surface area (Å²) in [5, 5.41) is 1.18. The van der Waals surface area contributed by atoms with E-state index < -0.39 is 15.9 Å². The first-order valence-corrected chi connectivity index (χ1v) is 10.2. The predicted molar refractivity (Wildman–Crippen MR) is 102 cm³/mol. The average Bonchev–Trinajstić information content (AvgIpc) is 2.97. The highest BCUT2D eigenvalue weighted by atomic mass is 32.2. The molecule has 0 radical (unpaired) electrons. The molecule has 0 N–H and O–H groups in total. The maximum absolute atomic E-state index is 13.2. The van der Waals surface area contributed by atoms with E-state index in [0.717, 1.165) is 5.56 Å². The average molecular weight is 371 g/mol. The molecule has 0 aromatic heterocycles.